The first-order chi connectivity index (χ1) is 8.33. The molecule has 1 atom stereocenters. The van der Waals surface area contributed by atoms with Crippen molar-refractivity contribution in [1.82, 2.24) is 0 Å². The van der Waals surface area contributed by atoms with Gasteiger partial charge in [-0.2, -0.15) is 0 Å². The number of hydrogen-bond donors (Lipinski definition) is 0. The molecule has 1 aromatic carbocycles. The monoisotopic (exact) mass is 252 g/mol. The molecule has 1 aromatic rings. The lowest BCUT2D eigenvalue weighted by atomic mass is 9.87. The van der Waals surface area contributed by atoms with Crippen molar-refractivity contribution in [1.29, 1.82) is 0 Å². The molecule has 0 bridgehead atoms. The summed E-state index contributed by atoms with van der Waals surface area (Å²) < 4.78 is 5.17. The smallest absolute Gasteiger partial charge is 0.118 e. The zero-order valence-electron chi connectivity index (χ0n) is 10.5. The number of halogens is 1. The SMILES string of the molecule is COc1ccc(CC(CCl)C2CCCC2)cc1. The number of rotatable bonds is 5. The van der Waals surface area contributed by atoms with Crippen molar-refractivity contribution in [2.45, 2.75) is 32.1 Å². The Morgan fingerprint density at radius 2 is 1.88 bits per heavy atom. The summed E-state index contributed by atoms with van der Waals surface area (Å²) in [5.74, 6) is 3.20. The van der Waals surface area contributed by atoms with Gasteiger partial charge in [-0.15, -0.1) is 11.6 Å². The Balaban J connectivity index is 1.96. The summed E-state index contributed by atoms with van der Waals surface area (Å²) in [6, 6.07) is 8.39. The molecular weight excluding hydrogens is 232 g/mol. The normalized spacial score (nSPS) is 18.2. The summed E-state index contributed by atoms with van der Waals surface area (Å²) in [4.78, 5) is 0. The van der Waals surface area contributed by atoms with E-state index in [2.05, 4.69) is 12.1 Å². The predicted octanol–water partition coefficient (Wildman–Crippen LogP) is 4.28. The minimum atomic E-state index is 0.646. The van der Waals surface area contributed by atoms with E-state index in [9.17, 15) is 0 Å². The van der Waals surface area contributed by atoms with Gasteiger partial charge in [-0.1, -0.05) is 37.8 Å². The highest BCUT2D eigenvalue weighted by Gasteiger charge is 2.24. The summed E-state index contributed by atoms with van der Waals surface area (Å²) in [5.41, 5.74) is 1.38. The van der Waals surface area contributed by atoms with Gasteiger partial charge in [0.05, 0.1) is 7.11 Å². The van der Waals surface area contributed by atoms with E-state index in [1.807, 2.05) is 12.1 Å². The van der Waals surface area contributed by atoms with Crippen LogP contribution in [0.1, 0.15) is 31.2 Å². The van der Waals surface area contributed by atoms with E-state index in [0.29, 0.717) is 5.92 Å². The quantitative estimate of drug-likeness (QED) is 0.711. The van der Waals surface area contributed by atoms with Crippen molar-refractivity contribution >= 4 is 11.6 Å². The maximum atomic E-state index is 6.13. The molecule has 17 heavy (non-hydrogen) atoms. The van der Waals surface area contributed by atoms with Crippen molar-refractivity contribution in [3.63, 3.8) is 0 Å². The standard InChI is InChI=1S/C15H21ClO/c1-17-15-8-6-12(7-9-15)10-14(11-16)13-4-2-3-5-13/h6-9,13-14H,2-5,10-11H2,1H3. The molecule has 0 aliphatic heterocycles. The summed E-state index contributed by atoms with van der Waals surface area (Å²) >= 11 is 6.13. The fourth-order valence-corrected chi connectivity index (χ4v) is 3.20. The van der Waals surface area contributed by atoms with E-state index in [1.165, 1.54) is 31.2 Å². The number of methoxy groups -OCH3 is 1. The van der Waals surface area contributed by atoms with Crippen LogP contribution in [0.2, 0.25) is 0 Å². The summed E-state index contributed by atoms with van der Waals surface area (Å²) in [7, 11) is 1.70. The van der Waals surface area contributed by atoms with Gasteiger partial charge in [0, 0.05) is 5.88 Å². The van der Waals surface area contributed by atoms with Gasteiger partial charge in [-0.3, -0.25) is 0 Å². The molecule has 0 saturated heterocycles. The summed E-state index contributed by atoms with van der Waals surface area (Å²) in [6.45, 7) is 0. The molecule has 1 aliphatic rings. The Morgan fingerprint density at radius 1 is 1.24 bits per heavy atom. The fraction of sp³-hybridized carbons (Fsp3) is 0.600. The lowest BCUT2D eigenvalue weighted by Crippen LogP contribution is -2.16. The van der Waals surface area contributed by atoms with Gasteiger partial charge in [0.1, 0.15) is 5.75 Å². The molecule has 0 amide bonds. The van der Waals surface area contributed by atoms with Crippen LogP contribution in [0.5, 0.6) is 5.75 Å². The molecule has 1 nitrogen and oxygen atoms in total. The van der Waals surface area contributed by atoms with Gasteiger partial charge >= 0.3 is 0 Å². The molecule has 94 valence electrons. The van der Waals surface area contributed by atoms with Gasteiger partial charge in [0.15, 0.2) is 0 Å². The lowest BCUT2D eigenvalue weighted by molar-refractivity contribution is 0.369. The zero-order chi connectivity index (χ0) is 12.1. The Hall–Kier alpha value is -0.690. The highest BCUT2D eigenvalue weighted by Crippen LogP contribution is 2.34. The average molecular weight is 253 g/mol. The second-order valence-corrected chi connectivity index (χ2v) is 5.32. The molecule has 0 radical (unpaired) electrons. The molecule has 0 spiro atoms. The first-order valence-electron chi connectivity index (χ1n) is 6.52. The number of benzene rings is 1. The molecule has 0 N–H and O–H groups in total. The van der Waals surface area contributed by atoms with Crippen LogP contribution in [0.4, 0.5) is 0 Å². The van der Waals surface area contributed by atoms with E-state index in [-0.39, 0.29) is 0 Å². The predicted molar refractivity (Wildman–Crippen MR) is 72.9 cm³/mol. The Labute approximate surface area is 109 Å². The van der Waals surface area contributed by atoms with Crippen LogP contribution >= 0.6 is 11.6 Å². The second-order valence-electron chi connectivity index (χ2n) is 5.01. The van der Waals surface area contributed by atoms with Crippen LogP contribution in [0.15, 0.2) is 24.3 Å². The maximum Gasteiger partial charge on any atom is 0.118 e. The van der Waals surface area contributed by atoms with E-state index in [0.717, 1.165) is 24.0 Å². The largest absolute Gasteiger partial charge is 0.497 e. The Kier molecular flexibility index (Phi) is 4.73. The zero-order valence-corrected chi connectivity index (χ0v) is 11.2. The molecule has 1 saturated carbocycles. The molecule has 0 aromatic heterocycles. The molecule has 1 unspecified atom stereocenters. The fourth-order valence-electron chi connectivity index (χ4n) is 2.84. The van der Waals surface area contributed by atoms with Crippen molar-refractivity contribution in [3.8, 4) is 5.75 Å². The third-order valence-electron chi connectivity index (χ3n) is 3.92. The number of hydrogen-bond acceptors (Lipinski definition) is 1. The topological polar surface area (TPSA) is 9.23 Å². The molecule has 0 heterocycles. The van der Waals surface area contributed by atoms with Gasteiger partial charge in [0.25, 0.3) is 0 Å². The summed E-state index contributed by atoms with van der Waals surface area (Å²) in [5, 5.41) is 0. The first-order valence-corrected chi connectivity index (χ1v) is 7.06. The maximum absolute atomic E-state index is 6.13. The highest BCUT2D eigenvalue weighted by molar-refractivity contribution is 6.18. The highest BCUT2D eigenvalue weighted by atomic mass is 35.5. The van der Waals surface area contributed by atoms with Crippen molar-refractivity contribution in [3.05, 3.63) is 29.8 Å². The van der Waals surface area contributed by atoms with E-state index in [1.54, 1.807) is 7.11 Å². The van der Waals surface area contributed by atoms with Crippen LogP contribution in [0.25, 0.3) is 0 Å². The van der Waals surface area contributed by atoms with Gasteiger partial charge in [-0.05, 0) is 36.0 Å². The van der Waals surface area contributed by atoms with E-state index in [4.69, 9.17) is 16.3 Å². The molecule has 1 fully saturated rings. The van der Waals surface area contributed by atoms with Crippen molar-refractivity contribution < 1.29 is 4.74 Å². The molecular formula is C15H21ClO. The van der Waals surface area contributed by atoms with E-state index >= 15 is 0 Å². The van der Waals surface area contributed by atoms with Crippen LogP contribution in [-0.2, 0) is 6.42 Å². The minimum Gasteiger partial charge on any atom is -0.497 e. The molecule has 2 heteroatoms. The third-order valence-corrected chi connectivity index (χ3v) is 4.32. The van der Waals surface area contributed by atoms with Crippen molar-refractivity contribution in [2.24, 2.45) is 11.8 Å². The third kappa shape index (κ3) is 3.38. The van der Waals surface area contributed by atoms with Gasteiger partial charge < -0.3 is 4.74 Å². The average Bonchev–Trinajstić information content (AvgIpc) is 2.90. The number of ether oxygens (including phenoxy) is 1. The van der Waals surface area contributed by atoms with Crippen LogP contribution < -0.4 is 4.74 Å². The van der Waals surface area contributed by atoms with Crippen LogP contribution in [0, 0.1) is 11.8 Å². The second kappa shape index (κ2) is 6.30. The Bertz CT molecular complexity index is 327. The molecule has 2 rings (SSSR count). The lowest BCUT2D eigenvalue weighted by Gasteiger charge is -2.21. The van der Waals surface area contributed by atoms with Gasteiger partial charge in [0.2, 0.25) is 0 Å². The minimum absolute atomic E-state index is 0.646. The Morgan fingerprint density at radius 3 is 2.41 bits per heavy atom. The molecule has 1 aliphatic carbocycles. The van der Waals surface area contributed by atoms with Crippen LogP contribution in [0.3, 0.4) is 0 Å². The van der Waals surface area contributed by atoms with Gasteiger partial charge in [-0.25, -0.2) is 0 Å². The first kappa shape index (κ1) is 12.8. The number of alkyl halides is 1. The van der Waals surface area contributed by atoms with Crippen molar-refractivity contribution in [2.75, 3.05) is 13.0 Å². The summed E-state index contributed by atoms with van der Waals surface area (Å²) in [6.07, 6.45) is 6.63. The van der Waals surface area contributed by atoms with E-state index < -0.39 is 0 Å². The van der Waals surface area contributed by atoms with Crippen LogP contribution in [-0.4, -0.2) is 13.0 Å².